The average Bonchev–Trinajstić information content (AvgIpc) is 2.67. The number of halogens is 1. The van der Waals surface area contributed by atoms with E-state index in [9.17, 15) is 9.59 Å². The van der Waals surface area contributed by atoms with Crippen LogP contribution in [0.4, 0.5) is 0 Å². The van der Waals surface area contributed by atoms with Crippen LogP contribution < -0.4 is 5.32 Å². The number of nitrogens with one attached hydrogen (secondary N) is 1. The molecule has 144 valence electrons. The molecule has 2 aromatic carbocycles. The predicted molar refractivity (Wildman–Crippen MR) is 109 cm³/mol. The maximum absolute atomic E-state index is 12.7. The van der Waals surface area contributed by atoms with Gasteiger partial charge in [-0.25, -0.2) is 0 Å². The summed E-state index contributed by atoms with van der Waals surface area (Å²) < 4.78 is 0. The van der Waals surface area contributed by atoms with Gasteiger partial charge in [-0.15, -0.1) is 0 Å². The summed E-state index contributed by atoms with van der Waals surface area (Å²) in [4.78, 5) is 26.9. The number of rotatable bonds is 8. The van der Waals surface area contributed by atoms with Crippen molar-refractivity contribution in [3.8, 4) is 0 Å². The van der Waals surface area contributed by atoms with E-state index in [0.717, 1.165) is 12.0 Å². The monoisotopic (exact) mass is 386 g/mol. The fourth-order valence-corrected chi connectivity index (χ4v) is 2.91. The van der Waals surface area contributed by atoms with E-state index in [-0.39, 0.29) is 17.7 Å². The van der Waals surface area contributed by atoms with Crippen LogP contribution in [0.3, 0.4) is 0 Å². The van der Waals surface area contributed by atoms with Gasteiger partial charge in [0.2, 0.25) is 11.8 Å². The van der Waals surface area contributed by atoms with E-state index in [1.165, 1.54) is 5.56 Å². The molecule has 1 N–H and O–H groups in total. The molecule has 0 aliphatic rings. The molecular weight excluding hydrogens is 360 g/mol. The zero-order valence-corrected chi connectivity index (χ0v) is 16.9. The third-order valence-electron chi connectivity index (χ3n) is 4.45. The Kier molecular flexibility index (Phi) is 7.86. The molecule has 0 heterocycles. The van der Waals surface area contributed by atoms with E-state index in [1.807, 2.05) is 56.3 Å². The minimum atomic E-state index is -0.550. The predicted octanol–water partition coefficient (Wildman–Crippen LogP) is 4.07. The zero-order valence-electron chi connectivity index (χ0n) is 16.1. The van der Waals surface area contributed by atoms with Crippen LogP contribution in [-0.4, -0.2) is 29.3 Å². The van der Waals surface area contributed by atoms with Gasteiger partial charge in [-0.05, 0) is 36.6 Å². The highest BCUT2D eigenvalue weighted by Gasteiger charge is 2.27. The number of carbonyl (C=O) groups excluding carboxylic acids is 2. The van der Waals surface area contributed by atoms with Gasteiger partial charge in [0.15, 0.2) is 0 Å². The van der Waals surface area contributed by atoms with Gasteiger partial charge in [0.1, 0.15) is 6.04 Å². The van der Waals surface area contributed by atoms with Crippen LogP contribution in [0, 0.1) is 5.92 Å². The summed E-state index contributed by atoms with van der Waals surface area (Å²) in [6.45, 7) is 6.38. The lowest BCUT2D eigenvalue weighted by Crippen LogP contribution is -2.49. The lowest BCUT2D eigenvalue weighted by molar-refractivity contribution is -0.143. The van der Waals surface area contributed by atoms with E-state index in [1.54, 1.807) is 24.0 Å². The summed E-state index contributed by atoms with van der Waals surface area (Å²) in [5, 5.41) is 3.59. The lowest BCUT2D eigenvalue weighted by atomic mass is 10.1. The first-order chi connectivity index (χ1) is 12.9. The van der Waals surface area contributed by atoms with E-state index < -0.39 is 6.04 Å². The molecule has 0 radical (unpaired) electrons. The molecule has 5 heteroatoms. The number of hydrogen-bond acceptors (Lipinski definition) is 2. The van der Waals surface area contributed by atoms with Crippen molar-refractivity contribution in [3.63, 3.8) is 0 Å². The van der Waals surface area contributed by atoms with Crippen LogP contribution in [0.15, 0.2) is 54.6 Å². The SMILES string of the molecule is CC(C)C(=O)N(Cc1ccc(Cl)cc1)[C@@H](C)C(=O)NCCc1ccccc1. The minimum Gasteiger partial charge on any atom is -0.354 e. The first-order valence-corrected chi connectivity index (χ1v) is 9.63. The topological polar surface area (TPSA) is 49.4 Å². The smallest absolute Gasteiger partial charge is 0.242 e. The maximum Gasteiger partial charge on any atom is 0.242 e. The number of nitrogens with zero attached hydrogens (tertiary/aromatic N) is 1. The van der Waals surface area contributed by atoms with Crippen LogP contribution in [0.5, 0.6) is 0 Å². The molecule has 2 rings (SSSR count). The Bertz CT molecular complexity index is 745. The molecule has 0 bridgehead atoms. The third kappa shape index (κ3) is 6.40. The van der Waals surface area contributed by atoms with Crippen molar-refractivity contribution in [1.29, 1.82) is 0 Å². The highest BCUT2D eigenvalue weighted by molar-refractivity contribution is 6.30. The Balaban J connectivity index is 2.00. The van der Waals surface area contributed by atoms with Gasteiger partial charge < -0.3 is 10.2 Å². The molecule has 0 aliphatic carbocycles. The second-order valence-electron chi connectivity index (χ2n) is 6.95. The zero-order chi connectivity index (χ0) is 19.8. The summed E-state index contributed by atoms with van der Waals surface area (Å²) in [5.74, 6) is -0.374. The molecular formula is C22H27ClN2O2. The van der Waals surface area contributed by atoms with Crippen molar-refractivity contribution in [2.24, 2.45) is 5.92 Å². The van der Waals surface area contributed by atoms with Crippen LogP contribution in [0.1, 0.15) is 31.9 Å². The van der Waals surface area contributed by atoms with Gasteiger partial charge in [0, 0.05) is 24.0 Å². The molecule has 0 saturated carbocycles. The number of amides is 2. The Labute approximate surface area is 166 Å². The largest absolute Gasteiger partial charge is 0.354 e. The number of carbonyl (C=O) groups is 2. The average molecular weight is 387 g/mol. The fourth-order valence-electron chi connectivity index (χ4n) is 2.79. The molecule has 2 amide bonds. The Morgan fingerprint density at radius 3 is 2.19 bits per heavy atom. The van der Waals surface area contributed by atoms with Crippen LogP contribution >= 0.6 is 11.6 Å². The molecule has 4 nitrogen and oxygen atoms in total. The molecule has 1 atom stereocenters. The first kappa shape index (κ1) is 21.0. The van der Waals surface area contributed by atoms with Gasteiger partial charge in [-0.1, -0.05) is 67.9 Å². The summed E-state index contributed by atoms with van der Waals surface area (Å²) in [7, 11) is 0. The quantitative estimate of drug-likeness (QED) is 0.743. The van der Waals surface area contributed by atoms with Crippen molar-refractivity contribution in [3.05, 3.63) is 70.7 Å². The van der Waals surface area contributed by atoms with E-state index in [2.05, 4.69) is 5.32 Å². The minimum absolute atomic E-state index is 0.0457. The van der Waals surface area contributed by atoms with E-state index >= 15 is 0 Å². The van der Waals surface area contributed by atoms with Gasteiger partial charge in [-0.3, -0.25) is 9.59 Å². The summed E-state index contributed by atoms with van der Waals surface area (Å²) in [6, 6.07) is 16.8. The van der Waals surface area contributed by atoms with Gasteiger partial charge >= 0.3 is 0 Å². The van der Waals surface area contributed by atoms with Crippen LogP contribution in [0.25, 0.3) is 0 Å². The Morgan fingerprint density at radius 1 is 0.963 bits per heavy atom. The lowest BCUT2D eigenvalue weighted by Gasteiger charge is -2.30. The van der Waals surface area contributed by atoms with Crippen molar-refractivity contribution in [2.45, 2.75) is 39.8 Å². The highest BCUT2D eigenvalue weighted by Crippen LogP contribution is 2.15. The van der Waals surface area contributed by atoms with Crippen LogP contribution in [0.2, 0.25) is 5.02 Å². The Morgan fingerprint density at radius 2 is 1.59 bits per heavy atom. The number of hydrogen-bond donors (Lipinski definition) is 1. The van der Waals surface area contributed by atoms with Crippen molar-refractivity contribution in [2.75, 3.05) is 6.54 Å². The normalized spacial score (nSPS) is 11.9. The molecule has 0 fully saturated rings. The molecule has 0 aromatic heterocycles. The number of benzene rings is 2. The molecule has 2 aromatic rings. The van der Waals surface area contributed by atoms with E-state index in [4.69, 9.17) is 11.6 Å². The fraction of sp³-hybridized carbons (Fsp3) is 0.364. The van der Waals surface area contributed by atoms with Gasteiger partial charge in [0.25, 0.3) is 0 Å². The van der Waals surface area contributed by atoms with Crippen molar-refractivity contribution in [1.82, 2.24) is 10.2 Å². The molecule has 27 heavy (non-hydrogen) atoms. The summed E-state index contributed by atoms with van der Waals surface area (Å²) >= 11 is 5.94. The van der Waals surface area contributed by atoms with Gasteiger partial charge in [-0.2, -0.15) is 0 Å². The van der Waals surface area contributed by atoms with Crippen molar-refractivity contribution < 1.29 is 9.59 Å². The maximum atomic E-state index is 12.7. The standard InChI is InChI=1S/C22H27ClN2O2/c1-16(2)22(27)25(15-19-9-11-20(23)12-10-19)17(3)21(26)24-14-13-18-7-5-4-6-8-18/h4-12,16-17H,13-15H2,1-3H3,(H,24,26)/t17-/m0/s1. The second-order valence-corrected chi connectivity index (χ2v) is 7.39. The molecule has 0 saturated heterocycles. The van der Waals surface area contributed by atoms with Gasteiger partial charge in [0.05, 0.1) is 0 Å². The van der Waals surface area contributed by atoms with E-state index in [0.29, 0.717) is 18.1 Å². The first-order valence-electron chi connectivity index (χ1n) is 9.25. The molecule has 0 aliphatic heterocycles. The summed E-state index contributed by atoms with van der Waals surface area (Å²) in [5.41, 5.74) is 2.11. The highest BCUT2D eigenvalue weighted by atomic mass is 35.5. The van der Waals surface area contributed by atoms with Crippen molar-refractivity contribution >= 4 is 23.4 Å². The molecule has 0 spiro atoms. The molecule has 0 unspecified atom stereocenters. The Hall–Kier alpha value is -2.33. The second kappa shape index (κ2) is 10.1. The third-order valence-corrected chi connectivity index (χ3v) is 4.70. The van der Waals surface area contributed by atoms with Crippen LogP contribution in [-0.2, 0) is 22.6 Å². The summed E-state index contributed by atoms with van der Waals surface area (Å²) in [6.07, 6.45) is 0.759.